The van der Waals surface area contributed by atoms with Crippen molar-refractivity contribution in [1.29, 1.82) is 0 Å². The number of nitrogens with zero attached hydrogens (tertiary/aromatic N) is 1. The molecule has 0 aromatic rings. The van der Waals surface area contributed by atoms with E-state index in [9.17, 15) is 18.0 Å². The molecule has 1 saturated heterocycles. The summed E-state index contributed by atoms with van der Waals surface area (Å²) in [6.45, 7) is 4.82. The lowest BCUT2D eigenvalue weighted by Crippen LogP contribution is -2.43. The van der Waals surface area contributed by atoms with Gasteiger partial charge in [-0.15, -0.1) is 0 Å². The molecule has 1 rings (SSSR count). The Bertz CT molecular complexity index is 493. The third kappa shape index (κ3) is 4.97. The number of rotatable bonds is 3. The molecule has 1 aliphatic rings. The summed E-state index contributed by atoms with van der Waals surface area (Å²) < 4.78 is 32.0. The van der Waals surface area contributed by atoms with Crippen molar-refractivity contribution in [1.82, 2.24) is 4.90 Å². The molecule has 1 N–H and O–H groups in total. The molecular formula is C11H19NO7S. The Hall–Kier alpha value is -1.35. The standard InChI is InChI=1S/C11H19NO7S/c1-11(2,3)18-10(15)12-6-7(19-20(4,16)17)5-8(12)9(13)14/h7-8H,5-6H2,1-4H3,(H,13,14)/t7-,8+/m1/s1. The number of carboxylic acids is 1. The first-order chi connectivity index (χ1) is 8.89. The van der Waals surface area contributed by atoms with Gasteiger partial charge in [0.1, 0.15) is 11.6 Å². The first-order valence-corrected chi connectivity index (χ1v) is 7.81. The predicted molar refractivity (Wildman–Crippen MR) is 68.7 cm³/mol. The number of carbonyl (C=O) groups is 2. The number of amides is 1. The van der Waals surface area contributed by atoms with Gasteiger partial charge in [0.2, 0.25) is 0 Å². The molecule has 20 heavy (non-hydrogen) atoms. The molecule has 9 heteroatoms. The van der Waals surface area contributed by atoms with Crippen molar-refractivity contribution in [2.45, 2.75) is 44.9 Å². The minimum Gasteiger partial charge on any atom is -0.480 e. The molecule has 1 amide bonds. The van der Waals surface area contributed by atoms with Crippen LogP contribution in [0.4, 0.5) is 4.79 Å². The molecule has 0 aliphatic carbocycles. The minimum atomic E-state index is -3.71. The van der Waals surface area contributed by atoms with Gasteiger partial charge in [0.05, 0.1) is 18.9 Å². The maximum Gasteiger partial charge on any atom is 0.411 e. The largest absolute Gasteiger partial charge is 0.480 e. The van der Waals surface area contributed by atoms with Crippen LogP contribution in [0.1, 0.15) is 27.2 Å². The first-order valence-electron chi connectivity index (χ1n) is 6.00. The van der Waals surface area contributed by atoms with Crippen molar-refractivity contribution in [3.8, 4) is 0 Å². The fourth-order valence-electron chi connectivity index (χ4n) is 1.87. The van der Waals surface area contributed by atoms with Gasteiger partial charge in [0, 0.05) is 6.42 Å². The Labute approximate surface area is 117 Å². The molecular weight excluding hydrogens is 290 g/mol. The number of hydrogen-bond acceptors (Lipinski definition) is 6. The first kappa shape index (κ1) is 16.7. The van der Waals surface area contributed by atoms with E-state index in [-0.39, 0.29) is 13.0 Å². The van der Waals surface area contributed by atoms with Gasteiger partial charge in [-0.3, -0.25) is 9.08 Å². The van der Waals surface area contributed by atoms with Crippen LogP contribution >= 0.6 is 0 Å². The summed E-state index contributed by atoms with van der Waals surface area (Å²) in [7, 11) is -3.71. The Balaban J connectivity index is 2.83. The third-order valence-corrected chi connectivity index (χ3v) is 3.11. The van der Waals surface area contributed by atoms with E-state index >= 15 is 0 Å². The lowest BCUT2D eigenvalue weighted by atomic mass is 10.2. The molecule has 0 bridgehead atoms. The van der Waals surface area contributed by atoms with Crippen molar-refractivity contribution in [3.63, 3.8) is 0 Å². The zero-order chi connectivity index (χ0) is 15.7. The van der Waals surface area contributed by atoms with E-state index in [0.717, 1.165) is 11.2 Å². The van der Waals surface area contributed by atoms with E-state index in [1.165, 1.54) is 0 Å². The average molecular weight is 309 g/mol. The van der Waals surface area contributed by atoms with Crippen LogP contribution in [0, 0.1) is 0 Å². The summed E-state index contributed by atoms with van der Waals surface area (Å²) in [5, 5.41) is 9.09. The summed E-state index contributed by atoms with van der Waals surface area (Å²) in [6, 6.07) is -1.16. The zero-order valence-corrected chi connectivity index (χ0v) is 12.6. The number of carbonyl (C=O) groups excluding carboxylic acids is 1. The molecule has 0 unspecified atom stereocenters. The Kier molecular flexibility index (Phi) is 4.65. The highest BCUT2D eigenvalue weighted by Crippen LogP contribution is 2.24. The van der Waals surface area contributed by atoms with E-state index in [0.29, 0.717) is 0 Å². The highest BCUT2D eigenvalue weighted by Gasteiger charge is 2.43. The molecule has 1 fully saturated rings. The van der Waals surface area contributed by atoms with Crippen LogP contribution in [-0.2, 0) is 23.8 Å². The van der Waals surface area contributed by atoms with E-state index in [1.54, 1.807) is 20.8 Å². The van der Waals surface area contributed by atoms with Gasteiger partial charge in [-0.25, -0.2) is 9.59 Å². The monoisotopic (exact) mass is 309 g/mol. The number of ether oxygens (including phenoxy) is 1. The van der Waals surface area contributed by atoms with E-state index in [4.69, 9.17) is 14.0 Å². The lowest BCUT2D eigenvalue weighted by Gasteiger charge is -2.26. The van der Waals surface area contributed by atoms with Gasteiger partial charge in [0.25, 0.3) is 10.1 Å². The SMILES string of the molecule is CC(C)(C)OC(=O)N1C[C@H](OS(C)(=O)=O)C[C@H]1C(=O)O. The molecule has 1 aliphatic heterocycles. The summed E-state index contributed by atoms with van der Waals surface area (Å²) in [4.78, 5) is 24.0. The smallest absolute Gasteiger partial charge is 0.411 e. The molecule has 0 aromatic heterocycles. The highest BCUT2D eigenvalue weighted by molar-refractivity contribution is 7.86. The molecule has 8 nitrogen and oxygen atoms in total. The second-order valence-electron chi connectivity index (χ2n) is 5.64. The van der Waals surface area contributed by atoms with Crippen molar-refractivity contribution >= 4 is 22.2 Å². The van der Waals surface area contributed by atoms with Crippen LogP contribution in [0.5, 0.6) is 0 Å². The van der Waals surface area contributed by atoms with Gasteiger partial charge < -0.3 is 9.84 Å². The van der Waals surface area contributed by atoms with Crippen molar-refractivity contribution < 1.29 is 32.0 Å². The van der Waals surface area contributed by atoms with E-state index in [2.05, 4.69) is 0 Å². The summed E-state index contributed by atoms with van der Waals surface area (Å²) in [5.74, 6) is -1.23. The quantitative estimate of drug-likeness (QED) is 0.752. The third-order valence-electron chi connectivity index (χ3n) is 2.49. The Morgan fingerprint density at radius 3 is 2.25 bits per heavy atom. The number of carboxylic acid groups (broad SMARTS) is 1. The minimum absolute atomic E-state index is 0.0956. The van der Waals surface area contributed by atoms with Crippen molar-refractivity contribution in [2.75, 3.05) is 12.8 Å². The summed E-state index contributed by atoms with van der Waals surface area (Å²) in [5.41, 5.74) is -0.768. The highest BCUT2D eigenvalue weighted by atomic mass is 32.2. The Morgan fingerprint density at radius 2 is 1.85 bits per heavy atom. The maximum absolute atomic E-state index is 11.9. The van der Waals surface area contributed by atoms with Crippen LogP contribution < -0.4 is 0 Å². The van der Waals surface area contributed by atoms with Crippen LogP contribution in [0.25, 0.3) is 0 Å². The van der Waals surface area contributed by atoms with Crippen LogP contribution in [0.3, 0.4) is 0 Å². The second kappa shape index (κ2) is 5.57. The number of hydrogen-bond donors (Lipinski definition) is 1. The van der Waals surface area contributed by atoms with Gasteiger partial charge >= 0.3 is 12.1 Å². The second-order valence-corrected chi connectivity index (χ2v) is 7.25. The van der Waals surface area contributed by atoms with Crippen LogP contribution in [0.15, 0.2) is 0 Å². The van der Waals surface area contributed by atoms with Crippen LogP contribution in [0.2, 0.25) is 0 Å². The molecule has 0 aromatic carbocycles. The van der Waals surface area contributed by atoms with E-state index in [1.807, 2.05) is 0 Å². The molecule has 2 atom stereocenters. The summed E-state index contributed by atoms with van der Waals surface area (Å²) >= 11 is 0. The molecule has 0 spiro atoms. The number of likely N-dealkylation sites (tertiary alicyclic amines) is 1. The maximum atomic E-state index is 11.9. The normalized spacial score (nSPS) is 23.7. The van der Waals surface area contributed by atoms with Gasteiger partial charge in [-0.2, -0.15) is 8.42 Å². The van der Waals surface area contributed by atoms with Crippen molar-refractivity contribution in [3.05, 3.63) is 0 Å². The Morgan fingerprint density at radius 1 is 1.30 bits per heavy atom. The molecule has 0 radical (unpaired) electrons. The zero-order valence-electron chi connectivity index (χ0n) is 11.8. The summed E-state index contributed by atoms with van der Waals surface area (Å²) in [6.07, 6.45) is -0.899. The topological polar surface area (TPSA) is 110 Å². The fraction of sp³-hybridized carbons (Fsp3) is 0.818. The van der Waals surface area contributed by atoms with Gasteiger partial charge in [0.15, 0.2) is 0 Å². The van der Waals surface area contributed by atoms with Gasteiger partial charge in [-0.05, 0) is 20.8 Å². The predicted octanol–water partition coefficient (Wildman–Crippen LogP) is 0.425. The number of aliphatic carboxylic acids is 1. The van der Waals surface area contributed by atoms with Gasteiger partial charge in [-0.1, -0.05) is 0 Å². The van der Waals surface area contributed by atoms with Crippen molar-refractivity contribution in [2.24, 2.45) is 0 Å². The lowest BCUT2D eigenvalue weighted by molar-refractivity contribution is -0.142. The fourth-order valence-corrected chi connectivity index (χ4v) is 2.50. The van der Waals surface area contributed by atoms with E-state index < -0.39 is 39.9 Å². The average Bonchev–Trinajstić information content (AvgIpc) is 2.56. The van der Waals surface area contributed by atoms with Crippen LogP contribution in [-0.4, -0.2) is 61.0 Å². The molecule has 0 saturated carbocycles. The molecule has 116 valence electrons. The molecule has 1 heterocycles.